The smallest absolute Gasteiger partial charge is 0.243 e. The molecule has 2 aromatic carbocycles. The molecule has 7 nitrogen and oxygen atoms in total. The molecule has 0 aliphatic carbocycles. The van der Waals surface area contributed by atoms with Gasteiger partial charge in [0, 0.05) is 18.8 Å². The molecule has 1 heterocycles. The second kappa shape index (κ2) is 9.07. The molecule has 0 aromatic heterocycles. The maximum atomic E-state index is 13.6. The Morgan fingerprint density at radius 2 is 1.73 bits per heavy atom. The molecule has 0 radical (unpaired) electrons. The van der Waals surface area contributed by atoms with Gasteiger partial charge in [0.05, 0.1) is 29.3 Å². The number of hydrogen-bond acceptors (Lipinski definition) is 5. The Balaban J connectivity index is 1.61. The van der Waals surface area contributed by atoms with Crippen molar-refractivity contribution >= 4 is 27.3 Å². The van der Waals surface area contributed by atoms with Gasteiger partial charge in [-0.3, -0.25) is 4.79 Å². The normalized spacial score (nSPS) is 20.0. The van der Waals surface area contributed by atoms with Crippen molar-refractivity contribution in [1.29, 1.82) is 0 Å². The van der Waals surface area contributed by atoms with Crippen LogP contribution in [0, 0.1) is 11.6 Å². The first-order valence-corrected chi connectivity index (χ1v) is 10.8. The van der Waals surface area contributed by atoms with E-state index in [4.69, 9.17) is 4.74 Å². The van der Waals surface area contributed by atoms with E-state index in [1.54, 1.807) is 0 Å². The highest BCUT2D eigenvalue weighted by Crippen LogP contribution is 2.22. The lowest BCUT2D eigenvalue weighted by molar-refractivity contribution is -0.114. The Morgan fingerprint density at radius 1 is 1.10 bits per heavy atom. The SMILES string of the molecule is CC1CN(S(=O)(=O)c2ccc(NC(=O)CNc3cc(F)ccc3F)cc2)CC(C)O1. The predicted molar refractivity (Wildman–Crippen MR) is 109 cm³/mol. The number of ether oxygens (including phenoxy) is 1. The van der Waals surface area contributed by atoms with E-state index in [-0.39, 0.29) is 42.4 Å². The number of anilines is 2. The first kappa shape index (κ1) is 22.1. The van der Waals surface area contributed by atoms with Gasteiger partial charge in [-0.25, -0.2) is 17.2 Å². The highest BCUT2D eigenvalue weighted by molar-refractivity contribution is 7.89. The number of nitrogens with one attached hydrogen (secondary N) is 2. The molecule has 1 saturated heterocycles. The number of nitrogens with zero attached hydrogens (tertiary/aromatic N) is 1. The Labute approximate surface area is 174 Å². The number of benzene rings is 2. The average molecular weight is 439 g/mol. The van der Waals surface area contributed by atoms with Crippen molar-refractivity contribution in [2.45, 2.75) is 31.0 Å². The van der Waals surface area contributed by atoms with Gasteiger partial charge in [0.1, 0.15) is 11.6 Å². The summed E-state index contributed by atoms with van der Waals surface area (Å²) in [5.74, 6) is -1.80. The molecule has 1 aliphatic rings. The topological polar surface area (TPSA) is 87.7 Å². The van der Waals surface area contributed by atoms with Gasteiger partial charge in [-0.1, -0.05) is 0 Å². The Hall–Kier alpha value is -2.56. The third-order valence-electron chi connectivity index (χ3n) is 4.53. The molecule has 1 aliphatic heterocycles. The Kier molecular flexibility index (Phi) is 6.69. The maximum absolute atomic E-state index is 13.6. The fraction of sp³-hybridized carbons (Fsp3) is 0.350. The molecule has 0 bridgehead atoms. The number of amides is 1. The van der Waals surface area contributed by atoms with Gasteiger partial charge in [-0.05, 0) is 56.3 Å². The molecule has 10 heteroatoms. The van der Waals surface area contributed by atoms with E-state index in [9.17, 15) is 22.0 Å². The number of carbonyl (C=O) groups excluding carboxylic acids is 1. The molecule has 2 unspecified atom stereocenters. The lowest BCUT2D eigenvalue weighted by Crippen LogP contribution is -2.48. The summed E-state index contributed by atoms with van der Waals surface area (Å²) in [5.41, 5.74) is 0.254. The molecule has 162 valence electrons. The summed E-state index contributed by atoms with van der Waals surface area (Å²) in [7, 11) is -3.68. The minimum absolute atomic E-state index is 0.113. The van der Waals surface area contributed by atoms with Crippen LogP contribution in [0.2, 0.25) is 0 Å². The van der Waals surface area contributed by atoms with Crippen LogP contribution in [-0.2, 0) is 19.6 Å². The zero-order valence-corrected chi connectivity index (χ0v) is 17.4. The maximum Gasteiger partial charge on any atom is 0.243 e. The summed E-state index contributed by atoms with van der Waals surface area (Å²) in [6, 6.07) is 8.67. The van der Waals surface area contributed by atoms with Crippen molar-refractivity contribution in [3.05, 3.63) is 54.1 Å². The summed E-state index contributed by atoms with van der Waals surface area (Å²) in [6.45, 7) is 3.89. The van der Waals surface area contributed by atoms with E-state index in [1.165, 1.54) is 28.6 Å². The molecule has 3 rings (SSSR count). The van der Waals surface area contributed by atoms with E-state index >= 15 is 0 Å². The van der Waals surface area contributed by atoms with Gasteiger partial charge < -0.3 is 15.4 Å². The number of halogens is 2. The molecule has 1 fully saturated rings. The fourth-order valence-corrected chi connectivity index (χ4v) is 4.79. The van der Waals surface area contributed by atoms with E-state index in [1.807, 2.05) is 13.8 Å². The van der Waals surface area contributed by atoms with Crippen molar-refractivity contribution in [2.75, 3.05) is 30.3 Å². The number of carbonyl (C=O) groups is 1. The lowest BCUT2D eigenvalue weighted by Gasteiger charge is -2.34. The van der Waals surface area contributed by atoms with Crippen LogP contribution in [0.3, 0.4) is 0 Å². The lowest BCUT2D eigenvalue weighted by atomic mass is 10.3. The van der Waals surface area contributed by atoms with Gasteiger partial charge in [0.15, 0.2) is 0 Å². The van der Waals surface area contributed by atoms with Gasteiger partial charge in [-0.2, -0.15) is 4.31 Å². The van der Waals surface area contributed by atoms with Crippen molar-refractivity contribution in [1.82, 2.24) is 4.31 Å². The summed E-state index contributed by atoms with van der Waals surface area (Å²) in [4.78, 5) is 12.2. The molecule has 0 saturated carbocycles. The zero-order valence-electron chi connectivity index (χ0n) is 16.6. The molecule has 30 heavy (non-hydrogen) atoms. The molecular formula is C20H23F2N3O4S. The van der Waals surface area contributed by atoms with E-state index < -0.39 is 27.6 Å². The summed E-state index contributed by atoms with van der Waals surface area (Å²) < 4.78 is 59.4. The van der Waals surface area contributed by atoms with E-state index in [0.29, 0.717) is 5.69 Å². The van der Waals surface area contributed by atoms with Crippen LogP contribution in [-0.4, -0.2) is 50.5 Å². The number of rotatable bonds is 6. The third kappa shape index (κ3) is 5.32. The number of hydrogen-bond donors (Lipinski definition) is 2. The second-order valence-corrected chi connectivity index (χ2v) is 9.07. The highest BCUT2D eigenvalue weighted by atomic mass is 32.2. The van der Waals surface area contributed by atoms with Gasteiger partial charge in [-0.15, -0.1) is 0 Å². The summed E-state index contributed by atoms with van der Waals surface area (Å²) in [6.07, 6.45) is -0.393. The number of morpholine rings is 1. The molecular weight excluding hydrogens is 416 g/mol. The first-order chi connectivity index (χ1) is 14.1. The van der Waals surface area contributed by atoms with Crippen LogP contribution >= 0.6 is 0 Å². The molecule has 2 aromatic rings. The van der Waals surface area contributed by atoms with Gasteiger partial charge in [0.25, 0.3) is 0 Å². The summed E-state index contributed by atoms with van der Waals surface area (Å²) in [5, 5.41) is 5.09. The Bertz CT molecular complexity index is 1010. The molecule has 1 amide bonds. The van der Waals surface area contributed by atoms with Crippen LogP contribution in [0.4, 0.5) is 20.2 Å². The zero-order chi connectivity index (χ0) is 21.9. The highest BCUT2D eigenvalue weighted by Gasteiger charge is 2.32. The minimum Gasteiger partial charge on any atom is -0.374 e. The third-order valence-corrected chi connectivity index (χ3v) is 6.38. The van der Waals surface area contributed by atoms with Crippen molar-refractivity contribution in [2.24, 2.45) is 0 Å². The molecule has 2 atom stereocenters. The fourth-order valence-electron chi connectivity index (χ4n) is 3.20. The predicted octanol–water partition coefficient (Wildman–Crippen LogP) is 2.81. The van der Waals surface area contributed by atoms with Crippen LogP contribution in [0.5, 0.6) is 0 Å². The van der Waals surface area contributed by atoms with Gasteiger partial charge in [0.2, 0.25) is 15.9 Å². The second-order valence-electron chi connectivity index (χ2n) is 7.13. The number of sulfonamides is 1. The molecule has 0 spiro atoms. The minimum atomic E-state index is -3.68. The van der Waals surface area contributed by atoms with Crippen molar-refractivity contribution in [3.8, 4) is 0 Å². The Morgan fingerprint density at radius 3 is 2.37 bits per heavy atom. The quantitative estimate of drug-likeness (QED) is 0.723. The van der Waals surface area contributed by atoms with Crippen LogP contribution in [0.1, 0.15) is 13.8 Å². The van der Waals surface area contributed by atoms with E-state index in [0.717, 1.165) is 18.2 Å². The monoisotopic (exact) mass is 439 g/mol. The first-order valence-electron chi connectivity index (χ1n) is 9.39. The summed E-state index contributed by atoms with van der Waals surface area (Å²) >= 11 is 0. The van der Waals surface area contributed by atoms with Crippen LogP contribution < -0.4 is 10.6 Å². The van der Waals surface area contributed by atoms with E-state index in [2.05, 4.69) is 10.6 Å². The molecule has 2 N–H and O–H groups in total. The van der Waals surface area contributed by atoms with Crippen LogP contribution in [0.15, 0.2) is 47.4 Å². The largest absolute Gasteiger partial charge is 0.374 e. The standard InChI is InChI=1S/C20H23F2N3O4S/c1-13-11-25(12-14(2)29-13)30(27,28)17-6-4-16(5-7-17)24-20(26)10-23-19-9-15(21)3-8-18(19)22/h3-9,13-14,23H,10-12H2,1-2H3,(H,24,26). The van der Waals surface area contributed by atoms with Crippen molar-refractivity contribution < 1.29 is 26.7 Å². The average Bonchev–Trinajstić information content (AvgIpc) is 2.68. The van der Waals surface area contributed by atoms with Crippen LogP contribution in [0.25, 0.3) is 0 Å². The van der Waals surface area contributed by atoms with Crippen molar-refractivity contribution in [3.63, 3.8) is 0 Å². The van der Waals surface area contributed by atoms with Gasteiger partial charge >= 0.3 is 0 Å².